The first-order valence-electron chi connectivity index (χ1n) is 7.26. The lowest BCUT2D eigenvalue weighted by Gasteiger charge is -2.26. The van der Waals surface area contributed by atoms with Crippen LogP contribution in [-0.2, 0) is 0 Å². The molecule has 100 valence electrons. The Hall–Kier alpha value is -1.02. The number of nitrogens with zero attached hydrogens (tertiary/aromatic N) is 1. The minimum Gasteiger partial charge on any atom is -0.494 e. The molecule has 0 saturated carbocycles. The molecule has 0 bridgehead atoms. The molecule has 0 amide bonds. The van der Waals surface area contributed by atoms with Gasteiger partial charge in [-0.2, -0.15) is 0 Å². The van der Waals surface area contributed by atoms with Crippen LogP contribution in [0.4, 0.5) is 0 Å². The molecule has 0 atom stereocenters. The first kappa shape index (κ1) is 13.4. The number of likely N-dealkylation sites (tertiary alicyclic amines) is 1. The fourth-order valence-corrected chi connectivity index (χ4v) is 2.52. The number of hydrogen-bond donors (Lipinski definition) is 0. The van der Waals surface area contributed by atoms with Gasteiger partial charge in [0.1, 0.15) is 5.75 Å². The monoisotopic (exact) mass is 247 g/mol. The van der Waals surface area contributed by atoms with Crippen LogP contribution in [-0.4, -0.2) is 31.1 Å². The second-order valence-electron chi connectivity index (χ2n) is 5.27. The van der Waals surface area contributed by atoms with E-state index >= 15 is 0 Å². The second-order valence-corrected chi connectivity index (χ2v) is 5.27. The Morgan fingerprint density at radius 3 is 2.72 bits per heavy atom. The lowest BCUT2D eigenvalue weighted by molar-refractivity contribution is 0.216. The highest BCUT2D eigenvalue weighted by atomic mass is 16.5. The minimum atomic E-state index is 0.845. The fraction of sp³-hybridized carbons (Fsp3) is 0.625. The highest BCUT2D eigenvalue weighted by Crippen LogP contribution is 2.13. The molecular weight excluding hydrogens is 222 g/mol. The number of hydrogen-bond acceptors (Lipinski definition) is 2. The third-order valence-corrected chi connectivity index (χ3v) is 3.58. The summed E-state index contributed by atoms with van der Waals surface area (Å²) in [5.41, 5.74) is 1.26. The standard InChI is InChI=1S/C16H25NO/c1-15-8-7-9-16(14-15)18-13-6-5-12-17-10-3-2-4-11-17/h7-9,14H,2-6,10-13H2,1H3. The predicted octanol–water partition coefficient (Wildman–Crippen LogP) is 3.64. The van der Waals surface area contributed by atoms with Crippen molar-refractivity contribution in [2.24, 2.45) is 0 Å². The molecule has 1 saturated heterocycles. The van der Waals surface area contributed by atoms with Crippen LogP contribution < -0.4 is 4.74 Å². The van der Waals surface area contributed by atoms with Crippen LogP contribution in [0.15, 0.2) is 24.3 Å². The molecule has 0 aromatic heterocycles. The van der Waals surface area contributed by atoms with Gasteiger partial charge >= 0.3 is 0 Å². The quantitative estimate of drug-likeness (QED) is 0.712. The molecule has 2 rings (SSSR count). The third kappa shape index (κ3) is 4.69. The molecule has 1 aromatic carbocycles. The van der Waals surface area contributed by atoms with Crippen molar-refractivity contribution in [2.45, 2.75) is 39.0 Å². The highest BCUT2D eigenvalue weighted by molar-refractivity contribution is 5.27. The first-order chi connectivity index (χ1) is 8.84. The zero-order valence-electron chi connectivity index (χ0n) is 11.5. The summed E-state index contributed by atoms with van der Waals surface area (Å²) in [6.45, 7) is 6.80. The van der Waals surface area contributed by atoms with Crippen LogP contribution in [0.5, 0.6) is 5.75 Å². The van der Waals surface area contributed by atoms with E-state index in [1.54, 1.807) is 0 Å². The van der Waals surface area contributed by atoms with Crippen molar-refractivity contribution >= 4 is 0 Å². The van der Waals surface area contributed by atoms with Gasteiger partial charge in [0, 0.05) is 0 Å². The van der Waals surface area contributed by atoms with Gasteiger partial charge in [0.2, 0.25) is 0 Å². The Labute approximate surface area is 111 Å². The SMILES string of the molecule is Cc1cccc(OCCCCN2CCCCC2)c1. The van der Waals surface area contributed by atoms with Crippen LogP contribution in [0.2, 0.25) is 0 Å². The number of unbranched alkanes of at least 4 members (excludes halogenated alkanes) is 1. The summed E-state index contributed by atoms with van der Waals surface area (Å²) in [4.78, 5) is 2.59. The molecule has 18 heavy (non-hydrogen) atoms. The van der Waals surface area contributed by atoms with Crippen molar-refractivity contribution in [3.05, 3.63) is 29.8 Å². The van der Waals surface area contributed by atoms with Crippen LogP contribution in [0.25, 0.3) is 0 Å². The van der Waals surface area contributed by atoms with E-state index in [0.717, 1.165) is 18.8 Å². The normalized spacial score (nSPS) is 16.7. The van der Waals surface area contributed by atoms with Gasteiger partial charge in [-0.25, -0.2) is 0 Å². The second kappa shape index (κ2) is 7.42. The largest absolute Gasteiger partial charge is 0.494 e. The Morgan fingerprint density at radius 1 is 1.11 bits per heavy atom. The maximum atomic E-state index is 5.76. The zero-order chi connectivity index (χ0) is 12.6. The van der Waals surface area contributed by atoms with Gasteiger partial charge in [-0.15, -0.1) is 0 Å². The average Bonchev–Trinajstić information content (AvgIpc) is 2.40. The summed E-state index contributed by atoms with van der Waals surface area (Å²) in [6, 6.07) is 8.30. The van der Waals surface area contributed by atoms with E-state index in [0.29, 0.717) is 0 Å². The van der Waals surface area contributed by atoms with E-state index in [1.165, 1.54) is 50.9 Å². The van der Waals surface area contributed by atoms with Gasteiger partial charge < -0.3 is 9.64 Å². The van der Waals surface area contributed by atoms with Crippen molar-refractivity contribution in [3.8, 4) is 5.75 Å². The Bertz CT molecular complexity index is 345. The van der Waals surface area contributed by atoms with Gasteiger partial charge in [0.05, 0.1) is 6.61 Å². The van der Waals surface area contributed by atoms with Gasteiger partial charge in [-0.3, -0.25) is 0 Å². The van der Waals surface area contributed by atoms with Crippen LogP contribution >= 0.6 is 0 Å². The summed E-state index contributed by atoms with van der Waals surface area (Å²) in [5, 5.41) is 0. The van der Waals surface area contributed by atoms with Gasteiger partial charge in [-0.05, 0) is 69.9 Å². The maximum Gasteiger partial charge on any atom is 0.119 e. The molecule has 0 spiro atoms. The molecule has 1 fully saturated rings. The average molecular weight is 247 g/mol. The number of aryl methyl sites for hydroxylation is 1. The Kier molecular flexibility index (Phi) is 5.53. The lowest BCUT2D eigenvalue weighted by atomic mass is 10.1. The van der Waals surface area contributed by atoms with E-state index < -0.39 is 0 Å². The first-order valence-corrected chi connectivity index (χ1v) is 7.26. The molecule has 1 aliphatic heterocycles. The van der Waals surface area contributed by atoms with Gasteiger partial charge in [0.25, 0.3) is 0 Å². The summed E-state index contributed by atoms with van der Waals surface area (Å²) in [7, 11) is 0. The summed E-state index contributed by atoms with van der Waals surface area (Å²) >= 11 is 0. The molecule has 1 aliphatic rings. The topological polar surface area (TPSA) is 12.5 Å². The molecule has 2 heteroatoms. The van der Waals surface area contributed by atoms with Crippen LogP contribution in [0.1, 0.15) is 37.7 Å². The van der Waals surface area contributed by atoms with Gasteiger partial charge in [-0.1, -0.05) is 18.6 Å². The van der Waals surface area contributed by atoms with Gasteiger partial charge in [0.15, 0.2) is 0 Å². The lowest BCUT2D eigenvalue weighted by Crippen LogP contribution is -2.30. The summed E-state index contributed by atoms with van der Waals surface area (Å²) in [6.07, 6.45) is 6.61. The molecule has 0 unspecified atom stereocenters. The number of piperidine rings is 1. The van der Waals surface area contributed by atoms with E-state index in [4.69, 9.17) is 4.74 Å². The molecular formula is C16H25NO. The summed E-state index contributed by atoms with van der Waals surface area (Å²) < 4.78 is 5.76. The maximum absolute atomic E-state index is 5.76. The molecule has 0 N–H and O–H groups in total. The number of rotatable bonds is 6. The van der Waals surface area contributed by atoms with E-state index in [2.05, 4.69) is 30.0 Å². The van der Waals surface area contributed by atoms with E-state index in [-0.39, 0.29) is 0 Å². The van der Waals surface area contributed by atoms with Crippen molar-refractivity contribution in [1.29, 1.82) is 0 Å². The zero-order valence-corrected chi connectivity index (χ0v) is 11.5. The Balaban J connectivity index is 1.55. The molecule has 0 radical (unpaired) electrons. The molecule has 2 nitrogen and oxygen atoms in total. The Morgan fingerprint density at radius 2 is 1.94 bits per heavy atom. The van der Waals surface area contributed by atoms with Crippen molar-refractivity contribution in [1.82, 2.24) is 4.90 Å². The molecule has 1 heterocycles. The van der Waals surface area contributed by atoms with E-state index in [1.807, 2.05) is 6.07 Å². The number of ether oxygens (including phenoxy) is 1. The van der Waals surface area contributed by atoms with Crippen molar-refractivity contribution in [2.75, 3.05) is 26.2 Å². The van der Waals surface area contributed by atoms with Crippen LogP contribution in [0.3, 0.4) is 0 Å². The van der Waals surface area contributed by atoms with Crippen LogP contribution in [0, 0.1) is 6.92 Å². The summed E-state index contributed by atoms with van der Waals surface area (Å²) in [5.74, 6) is 1.01. The molecule has 0 aliphatic carbocycles. The van der Waals surface area contributed by atoms with Crippen molar-refractivity contribution < 1.29 is 4.74 Å². The number of benzene rings is 1. The third-order valence-electron chi connectivity index (χ3n) is 3.58. The van der Waals surface area contributed by atoms with Crippen molar-refractivity contribution in [3.63, 3.8) is 0 Å². The molecule has 1 aromatic rings. The highest BCUT2D eigenvalue weighted by Gasteiger charge is 2.08. The predicted molar refractivity (Wildman–Crippen MR) is 76.2 cm³/mol. The smallest absolute Gasteiger partial charge is 0.119 e. The van der Waals surface area contributed by atoms with E-state index in [9.17, 15) is 0 Å². The minimum absolute atomic E-state index is 0.845. The fourth-order valence-electron chi connectivity index (χ4n) is 2.52.